The minimum absolute atomic E-state index is 0.00670. The standard InChI is InChI=1S/C27H25ClN4O2S/c28-22-12-13-24(23(19-22)29-27(35)30-26(34)21-9-5-2-6-10-21)31-15-17-32(18-16-31)25(33)14-11-20-7-3-1-4-8-20/h1-14,19H,15-18H2,(H2,29,30,34,35)/b14-11+. The highest BCUT2D eigenvalue weighted by molar-refractivity contribution is 7.80. The van der Waals surface area contributed by atoms with Crippen LogP contribution in [0.1, 0.15) is 15.9 Å². The van der Waals surface area contributed by atoms with Crippen molar-refractivity contribution in [2.45, 2.75) is 0 Å². The summed E-state index contributed by atoms with van der Waals surface area (Å²) in [5.41, 5.74) is 3.11. The molecule has 0 spiro atoms. The maximum absolute atomic E-state index is 12.6. The molecule has 1 heterocycles. The van der Waals surface area contributed by atoms with Gasteiger partial charge in [-0.2, -0.15) is 0 Å². The van der Waals surface area contributed by atoms with E-state index in [1.165, 1.54) is 0 Å². The Balaban J connectivity index is 1.37. The maximum atomic E-state index is 12.6. The summed E-state index contributed by atoms with van der Waals surface area (Å²) < 4.78 is 0. The van der Waals surface area contributed by atoms with Gasteiger partial charge in [-0.15, -0.1) is 0 Å². The second-order valence-corrected chi connectivity index (χ2v) is 8.84. The zero-order valence-corrected chi connectivity index (χ0v) is 20.6. The number of halogens is 1. The number of amides is 2. The van der Waals surface area contributed by atoms with E-state index >= 15 is 0 Å². The molecule has 3 aromatic rings. The Labute approximate surface area is 215 Å². The van der Waals surface area contributed by atoms with Gasteiger partial charge in [0.05, 0.1) is 11.4 Å². The quantitative estimate of drug-likeness (QED) is 0.385. The molecule has 1 fully saturated rings. The zero-order chi connectivity index (χ0) is 24.6. The van der Waals surface area contributed by atoms with Crippen LogP contribution in [0.15, 0.2) is 84.9 Å². The SMILES string of the molecule is O=C(NC(=S)Nc1cc(Cl)ccc1N1CCN(C(=O)/C=C/c2ccccc2)CC1)c1ccccc1. The van der Waals surface area contributed by atoms with Gasteiger partial charge < -0.3 is 15.1 Å². The number of nitrogens with one attached hydrogen (secondary N) is 2. The molecule has 0 bridgehead atoms. The number of thiocarbonyl (C=S) groups is 1. The predicted octanol–water partition coefficient (Wildman–Crippen LogP) is 4.83. The second-order valence-electron chi connectivity index (χ2n) is 7.99. The molecule has 35 heavy (non-hydrogen) atoms. The van der Waals surface area contributed by atoms with E-state index in [1.807, 2.05) is 59.5 Å². The van der Waals surface area contributed by atoms with Gasteiger partial charge in [-0.3, -0.25) is 14.9 Å². The molecule has 8 heteroatoms. The highest BCUT2D eigenvalue weighted by atomic mass is 35.5. The Bertz CT molecular complexity index is 1230. The third-order valence-electron chi connectivity index (χ3n) is 5.62. The summed E-state index contributed by atoms with van der Waals surface area (Å²) in [6.45, 7) is 2.50. The van der Waals surface area contributed by atoms with Gasteiger partial charge in [-0.05, 0) is 54.2 Å². The van der Waals surface area contributed by atoms with E-state index in [1.54, 1.807) is 36.4 Å². The van der Waals surface area contributed by atoms with Gasteiger partial charge >= 0.3 is 0 Å². The molecular weight excluding hydrogens is 480 g/mol. The molecule has 1 aliphatic heterocycles. The summed E-state index contributed by atoms with van der Waals surface area (Å²) in [6.07, 6.45) is 3.45. The van der Waals surface area contributed by atoms with Crippen LogP contribution in [0.25, 0.3) is 6.08 Å². The van der Waals surface area contributed by atoms with Gasteiger partial charge in [-0.25, -0.2) is 0 Å². The number of piperazine rings is 1. The van der Waals surface area contributed by atoms with E-state index in [0.29, 0.717) is 42.5 Å². The number of benzene rings is 3. The molecule has 0 aliphatic carbocycles. The molecule has 178 valence electrons. The fraction of sp³-hybridized carbons (Fsp3) is 0.148. The van der Waals surface area contributed by atoms with Crippen LogP contribution in [-0.4, -0.2) is 48.0 Å². The van der Waals surface area contributed by atoms with Crippen molar-refractivity contribution >= 4 is 58.2 Å². The average Bonchev–Trinajstić information content (AvgIpc) is 2.88. The van der Waals surface area contributed by atoms with Crippen molar-refractivity contribution in [3.8, 4) is 0 Å². The lowest BCUT2D eigenvalue weighted by Gasteiger charge is -2.36. The minimum atomic E-state index is -0.289. The van der Waals surface area contributed by atoms with Gasteiger partial charge in [0.25, 0.3) is 5.91 Å². The molecular formula is C27H25ClN4O2S. The van der Waals surface area contributed by atoms with Crippen LogP contribution >= 0.6 is 23.8 Å². The van der Waals surface area contributed by atoms with Gasteiger partial charge in [-0.1, -0.05) is 60.1 Å². The van der Waals surface area contributed by atoms with Crippen LogP contribution in [0, 0.1) is 0 Å². The summed E-state index contributed by atoms with van der Waals surface area (Å²) >= 11 is 11.6. The molecule has 0 aromatic heterocycles. The summed E-state index contributed by atoms with van der Waals surface area (Å²) in [7, 11) is 0. The topological polar surface area (TPSA) is 64.7 Å². The van der Waals surface area contributed by atoms with Crippen LogP contribution in [-0.2, 0) is 4.79 Å². The summed E-state index contributed by atoms with van der Waals surface area (Å²) in [5, 5.41) is 6.54. The van der Waals surface area contributed by atoms with E-state index < -0.39 is 0 Å². The number of anilines is 2. The van der Waals surface area contributed by atoms with Crippen molar-refractivity contribution in [3.05, 3.63) is 101 Å². The summed E-state index contributed by atoms with van der Waals surface area (Å²) in [4.78, 5) is 29.1. The van der Waals surface area contributed by atoms with E-state index in [-0.39, 0.29) is 16.9 Å². The number of carbonyl (C=O) groups is 2. The molecule has 4 rings (SSSR count). The Kier molecular flexibility index (Phi) is 8.13. The maximum Gasteiger partial charge on any atom is 0.257 e. The van der Waals surface area contributed by atoms with E-state index in [0.717, 1.165) is 11.3 Å². The first-order chi connectivity index (χ1) is 17.0. The second kappa shape index (κ2) is 11.6. The van der Waals surface area contributed by atoms with Crippen molar-refractivity contribution in [1.82, 2.24) is 10.2 Å². The number of rotatable bonds is 5. The van der Waals surface area contributed by atoms with E-state index in [9.17, 15) is 9.59 Å². The van der Waals surface area contributed by atoms with Crippen LogP contribution in [0.3, 0.4) is 0 Å². The monoisotopic (exact) mass is 504 g/mol. The highest BCUT2D eigenvalue weighted by Crippen LogP contribution is 2.30. The smallest absolute Gasteiger partial charge is 0.257 e. The van der Waals surface area contributed by atoms with Crippen LogP contribution < -0.4 is 15.5 Å². The molecule has 0 saturated carbocycles. The largest absolute Gasteiger partial charge is 0.366 e. The molecule has 2 amide bonds. The van der Waals surface area contributed by atoms with Gasteiger partial charge in [0.2, 0.25) is 5.91 Å². The lowest BCUT2D eigenvalue weighted by Crippen LogP contribution is -2.48. The minimum Gasteiger partial charge on any atom is -0.366 e. The number of carbonyl (C=O) groups excluding carboxylic acids is 2. The van der Waals surface area contributed by atoms with E-state index in [2.05, 4.69) is 15.5 Å². The van der Waals surface area contributed by atoms with Crippen molar-refractivity contribution in [1.29, 1.82) is 0 Å². The predicted molar refractivity (Wildman–Crippen MR) is 146 cm³/mol. The van der Waals surface area contributed by atoms with Crippen molar-refractivity contribution in [2.24, 2.45) is 0 Å². The van der Waals surface area contributed by atoms with Crippen molar-refractivity contribution in [3.63, 3.8) is 0 Å². The van der Waals surface area contributed by atoms with Crippen molar-refractivity contribution in [2.75, 3.05) is 36.4 Å². The molecule has 2 N–H and O–H groups in total. The zero-order valence-electron chi connectivity index (χ0n) is 19.0. The molecule has 1 aliphatic rings. The van der Waals surface area contributed by atoms with Crippen molar-refractivity contribution < 1.29 is 9.59 Å². The Morgan fingerprint density at radius 2 is 1.54 bits per heavy atom. The summed E-state index contributed by atoms with van der Waals surface area (Å²) in [6, 6.07) is 24.1. The van der Waals surface area contributed by atoms with Gasteiger partial charge in [0.15, 0.2) is 5.11 Å². The molecule has 0 unspecified atom stereocenters. The normalized spacial score (nSPS) is 13.5. The Morgan fingerprint density at radius 3 is 2.23 bits per heavy atom. The molecule has 0 radical (unpaired) electrons. The van der Waals surface area contributed by atoms with Crippen LogP contribution in [0.5, 0.6) is 0 Å². The number of hydrogen-bond acceptors (Lipinski definition) is 4. The highest BCUT2D eigenvalue weighted by Gasteiger charge is 2.22. The molecule has 1 saturated heterocycles. The molecule has 3 aromatic carbocycles. The molecule has 6 nitrogen and oxygen atoms in total. The summed E-state index contributed by atoms with van der Waals surface area (Å²) in [5.74, 6) is -0.296. The first kappa shape index (κ1) is 24.4. The molecule has 0 atom stereocenters. The average molecular weight is 505 g/mol. The first-order valence-corrected chi connectivity index (χ1v) is 12.0. The van der Waals surface area contributed by atoms with Gasteiger partial charge in [0, 0.05) is 42.8 Å². The third kappa shape index (κ3) is 6.68. The van der Waals surface area contributed by atoms with Crippen LogP contribution in [0.2, 0.25) is 5.02 Å². The number of hydrogen-bond donors (Lipinski definition) is 2. The fourth-order valence-electron chi connectivity index (χ4n) is 3.81. The van der Waals surface area contributed by atoms with Gasteiger partial charge in [0.1, 0.15) is 0 Å². The Morgan fingerprint density at radius 1 is 0.886 bits per heavy atom. The fourth-order valence-corrected chi connectivity index (χ4v) is 4.18. The lowest BCUT2D eigenvalue weighted by atomic mass is 10.2. The Hall–Kier alpha value is -3.68. The third-order valence-corrected chi connectivity index (χ3v) is 6.06. The first-order valence-electron chi connectivity index (χ1n) is 11.2. The van der Waals surface area contributed by atoms with Crippen LogP contribution in [0.4, 0.5) is 11.4 Å². The van der Waals surface area contributed by atoms with E-state index in [4.69, 9.17) is 23.8 Å². The lowest BCUT2D eigenvalue weighted by molar-refractivity contribution is -0.126. The number of nitrogens with zero attached hydrogens (tertiary/aromatic N) is 2.